The van der Waals surface area contributed by atoms with Crippen molar-refractivity contribution in [3.8, 4) is 0 Å². The number of carbonyl (C=O) groups is 2. The molecule has 3 heterocycles. The van der Waals surface area contributed by atoms with E-state index in [4.69, 9.17) is 14.0 Å². The van der Waals surface area contributed by atoms with Gasteiger partial charge in [0.1, 0.15) is 10.6 Å². The second-order valence-corrected chi connectivity index (χ2v) is 9.36. The lowest BCUT2D eigenvalue weighted by atomic mass is 10.00. The summed E-state index contributed by atoms with van der Waals surface area (Å²) in [4.78, 5) is 26.4. The quantitative estimate of drug-likeness (QED) is 0.620. The molecular weight excluding hydrogens is 402 g/mol. The van der Waals surface area contributed by atoms with Gasteiger partial charge in [-0.1, -0.05) is 5.16 Å². The van der Waals surface area contributed by atoms with Gasteiger partial charge in [0.2, 0.25) is 10.0 Å². The van der Waals surface area contributed by atoms with Crippen LogP contribution in [0.2, 0.25) is 0 Å². The van der Waals surface area contributed by atoms with E-state index >= 15 is 0 Å². The number of sulfonamides is 1. The zero-order valence-electron chi connectivity index (χ0n) is 16.9. The SMILES string of the molecule is Cc1noc(C)c1S(=O)(=O)N1CCCC(C(=O)OCC(=O)N2CCOC(C)C2)C1. The Balaban J connectivity index is 1.59. The van der Waals surface area contributed by atoms with E-state index in [1.54, 1.807) is 18.7 Å². The first-order chi connectivity index (χ1) is 13.7. The van der Waals surface area contributed by atoms with E-state index < -0.39 is 21.9 Å². The minimum absolute atomic E-state index is 0.00794. The summed E-state index contributed by atoms with van der Waals surface area (Å²) < 4.78 is 42.8. The molecule has 2 unspecified atom stereocenters. The number of hydrogen-bond acceptors (Lipinski definition) is 8. The second kappa shape index (κ2) is 8.80. The first-order valence-electron chi connectivity index (χ1n) is 9.69. The predicted octanol–water partition coefficient (Wildman–Crippen LogP) is 0.483. The van der Waals surface area contributed by atoms with E-state index in [-0.39, 0.29) is 41.5 Å². The normalized spacial score (nSPS) is 23.8. The minimum atomic E-state index is -3.82. The highest BCUT2D eigenvalue weighted by Crippen LogP contribution is 2.28. The highest BCUT2D eigenvalue weighted by molar-refractivity contribution is 7.89. The molecule has 0 saturated carbocycles. The Morgan fingerprint density at radius 1 is 1.24 bits per heavy atom. The lowest BCUT2D eigenvalue weighted by Gasteiger charge is -2.32. The van der Waals surface area contributed by atoms with Crippen LogP contribution >= 0.6 is 0 Å². The summed E-state index contributed by atoms with van der Waals surface area (Å²) in [5.41, 5.74) is 0.289. The maximum atomic E-state index is 13.0. The van der Waals surface area contributed by atoms with Gasteiger partial charge >= 0.3 is 5.97 Å². The molecular formula is C18H27N3O7S. The largest absolute Gasteiger partial charge is 0.455 e. The van der Waals surface area contributed by atoms with Gasteiger partial charge in [-0.2, -0.15) is 4.31 Å². The molecule has 2 atom stereocenters. The number of aromatic nitrogens is 1. The molecule has 2 aliphatic heterocycles. The van der Waals surface area contributed by atoms with Gasteiger partial charge in [-0.15, -0.1) is 0 Å². The summed E-state index contributed by atoms with van der Waals surface area (Å²) in [6.07, 6.45) is 0.983. The van der Waals surface area contributed by atoms with Gasteiger partial charge in [-0.25, -0.2) is 8.42 Å². The van der Waals surface area contributed by atoms with Crippen molar-refractivity contribution >= 4 is 21.9 Å². The third-order valence-electron chi connectivity index (χ3n) is 5.21. The van der Waals surface area contributed by atoms with Crippen LogP contribution in [0.25, 0.3) is 0 Å². The molecule has 1 amide bonds. The Morgan fingerprint density at radius 2 is 2.00 bits per heavy atom. The first kappa shape index (κ1) is 21.7. The monoisotopic (exact) mass is 429 g/mol. The number of hydrogen-bond donors (Lipinski definition) is 0. The smallest absolute Gasteiger partial charge is 0.310 e. The van der Waals surface area contributed by atoms with Gasteiger partial charge in [-0.05, 0) is 33.6 Å². The van der Waals surface area contributed by atoms with Crippen molar-refractivity contribution in [1.29, 1.82) is 0 Å². The number of esters is 1. The fourth-order valence-electron chi connectivity index (χ4n) is 3.71. The summed E-state index contributed by atoms with van der Waals surface area (Å²) in [6, 6.07) is 0. The molecule has 0 aromatic carbocycles. The lowest BCUT2D eigenvalue weighted by molar-refractivity contribution is -0.158. The van der Waals surface area contributed by atoms with Gasteiger partial charge in [0.05, 0.1) is 18.6 Å². The highest BCUT2D eigenvalue weighted by Gasteiger charge is 2.37. The van der Waals surface area contributed by atoms with Crippen LogP contribution in [0.1, 0.15) is 31.2 Å². The Labute approximate surface area is 170 Å². The number of piperidine rings is 1. The molecule has 11 heteroatoms. The maximum Gasteiger partial charge on any atom is 0.310 e. The molecule has 0 N–H and O–H groups in total. The highest BCUT2D eigenvalue weighted by atomic mass is 32.2. The van der Waals surface area contributed by atoms with Gasteiger partial charge in [0, 0.05) is 26.2 Å². The maximum absolute atomic E-state index is 13.0. The van der Waals surface area contributed by atoms with Crippen LogP contribution in [0.4, 0.5) is 0 Å². The zero-order chi connectivity index (χ0) is 21.2. The van der Waals surface area contributed by atoms with E-state index in [2.05, 4.69) is 5.16 Å². The summed E-state index contributed by atoms with van der Waals surface area (Å²) in [6.45, 7) is 6.33. The van der Waals surface area contributed by atoms with Crippen molar-refractivity contribution in [1.82, 2.24) is 14.4 Å². The number of carbonyl (C=O) groups excluding carboxylic acids is 2. The molecule has 2 aliphatic rings. The number of nitrogens with zero attached hydrogens (tertiary/aromatic N) is 3. The van der Waals surface area contributed by atoms with Crippen molar-refractivity contribution in [2.45, 2.75) is 44.6 Å². The van der Waals surface area contributed by atoms with Crippen LogP contribution < -0.4 is 0 Å². The molecule has 2 fully saturated rings. The lowest BCUT2D eigenvalue weighted by Crippen LogP contribution is -2.47. The van der Waals surface area contributed by atoms with E-state index in [9.17, 15) is 18.0 Å². The third-order valence-corrected chi connectivity index (χ3v) is 7.33. The second-order valence-electron chi connectivity index (χ2n) is 7.48. The zero-order valence-corrected chi connectivity index (χ0v) is 17.7. The van der Waals surface area contributed by atoms with Crippen molar-refractivity contribution in [2.24, 2.45) is 5.92 Å². The number of amides is 1. The number of aryl methyl sites for hydroxylation is 2. The third kappa shape index (κ3) is 4.78. The standard InChI is InChI=1S/C18H27N3O7S/c1-12-9-20(7-8-26-12)16(22)11-27-18(23)15-5-4-6-21(10-15)29(24,25)17-13(2)19-28-14(17)3/h12,15H,4-11H2,1-3H3. The van der Waals surface area contributed by atoms with Gasteiger partial charge in [-0.3, -0.25) is 9.59 Å². The van der Waals surface area contributed by atoms with Crippen LogP contribution in [0.15, 0.2) is 9.42 Å². The van der Waals surface area contributed by atoms with Crippen LogP contribution in [0.3, 0.4) is 0 Å². The Bertz CT molecular complexity index is 847. The Kier molecular flexibility index (Phi) is 6.59. The number of ether oxygens (including phenoxy) is 2. The molecule has 1 aromatic heterocycles. The fourth-order valence-corrected chi connectivity index (χ4v) is 5.53. The van der Waals surface area contributed by atoms with Gasteiger partial charge < -0.3 is 18.9 Å². The van der Waals surface area contributed by atoms with Crippen molar-refractivity contribution in [3.63, 3.8) is 0 Å². The Hall–Kier alpha value is -1.98. The van der Waals surface area contributed by atoms with Crippen molar-refractivity contribution in [2.75, 3.05) is 39.4 Å². The average Bonchev–Trinajstić information content (AvgIpc) is 3.04. The fraction of sp³-hybridized carbons (Fsp3) is 0.722. The van der Waals surface area contributed by atoms with Crippen LogP contribution in [0, 0.1) is 19.8 Å². The van der Waals surface area contributed by atoms with Gasteiger partial charge in [0.15, 0.2) is 12.4 Å². The molecule has 1 aromatic rings. The van der Waals surface area contributed by atoms with Crippen molar-refractivity contribution in [3.05, 3.63) is 11.5 Å². The summed E-state index contributed by atoms with van der Waals surface area (Å²) in [7, 11) is -3.82. The summed E-state index contributed by atoms with van der Waals surface area (Å²) >= 11 is 0. The number of morpholine rings is 1. The molecule has 29 heavy (non-hydrogen) atoms. The molecule has 10 nitrogen and oxygen atoms in total. The van der Waals surface area contributed by atoms with E-state index in [1.165, 1.54) is 4.31 Å². The van der Waals surface area contributed by atoms with Gasteiger partial charge in [0.25, 0.3) is 5.91 Å². The topological polar surface area (TPSA) is 119 Å². The van der Waals surface area contributed by atoms with E-state index in [1.807, 2.05) is 6.92 Å². The van der Waals surface area contributed by atoms with Crippen LogP contribution in [0.5, 0.6) is 0 Å². The Morgan fingerprint density at radius 3 is 2.66 bits per heavy atom. The molecule has 2 saturated heterocycles. The molecule has 3 rings (SSSR count). The molecule has 0 spiro atoms. The average molecular weight is 429 g/mol. The van der Waals surface area contributed by atoms with E-state index in [0.29, 0.717) is 39.1 Å². The number of rotatable bonds is 5. The van der Waals surface area contributed by atoms with Crippen molar-refractivity contribution < 1.29 is 32.0 Å². The molecule has 0 aliphatic carbocycles. The minimum Gasteiger partial charge on any atom is -0.455 e. The summed E-state index contributed by atoms with van der Waals surface area (Å²) in [5.74, 6) is -1.23. The van der Waals surface area contributed by atoms with Crippen LogP contribution in [-0.4, -0.2) is 80.2 Å². The first-order valence-corrected chi connectivity index (χ1v) is 11.1. The van der Waals surface area contributed by atoms with Crippen LogP contribution in [-0.2, 0) is 29.1 Å². The van der Waals surface area contributed by atoms with E-state index in [0.717, 1.165) is 0 Å². The predicted molar refractivity (Wildman–Crippen MR) is 100 cm³/mol. The molecule has 0 radical (unpaired) electrons. The molecule has 0 bridgehead atoms. The molecule has 162 valence electrons. The summed E-state index contributed by atoms with van der Waals surface area (Å²) in [5, 5.41) is 3.71.